The van der Waals surface area contributed by atoms with Gasteiger partial charge in [-0.05, 0) is 79.4 Å². The van der Waals surface area contributed by atoms with Crippen LogP contribution in [0.2, 0.25) is 5.02 Å². The Bertz CT molecular complexity index is 1760. The molecular weight excluding hydrogens is 634 g/mol. The lowest BCUT2D eigenvalue weighted by molar-refractivity contribution is -0.140. The van der Waals surface area contributed by atoms with E-state index in [0.717, 1.165) is 46.7 Å². The maximum absolute atomic E-state index is 14.6. The van der Waals surface area contributed by atoms with E-state index in [1.807, 2.05) is 55.5 Å². The molecule has 1 saturated carbocycles. The van der Waals surface area contributed by atoms with E-state index < -0.39 is 28.5 Å². The summed E-state index contributed by atoms with van der Waals surface area (Å²) < 4.78 is 34.9. The molecule has 8 nitrogen and oxygen atoms in total. The summed E-state index contributed by atoms with van der Waals surface area (Å²) in [6, 6.07) is 28.7. The minimum absolute atomic E-state index is 0.0297. The summed E-state index contributed by atoms with van der Waals surface area (Å²) in [6.07, 6.45) is 4.08. The molecule has 0 unspecified atom stereocenters. The van der Waals surface area contributed by atoms with Gasteiger partial charge in [0.2, 0.25) is 11.8 Å². The highest BCUT2D eigenvalue weighted by atomic mass is 35.5. The number of sulfonamides is 1. The van der Waals surface area contributed by atoms with Crippen molar-refractivity contribution in [2.24, 2.45) is 0 Å². The monoisotopic (exact) mass is 673 g/mol. The number of rotatable bonds is 13. The average Bonchev–Trinajstić information content (AvgIpc) is 3.59. The Morgan fingerprint density at radius 2 is 1.55 bits per heavy atom. The van der Waals surface area contributed by atoms with Gasteiger partial charge in [0.25, 0.3) is 10.0 Å². The molecule has 4 aromatic rings. The highest BCUT2D eigenvalue weighted by molar-refractivity contribution is 7.92. The number of carbonyl (C=O) groups is 2. The molecule has 0 radical (unpaired) electrons. The maximum Gasteiger partial charge on any atom is 0.264 e. The molecule has 0 spiro atoms. The van der Waals surface area contributed by atoms with Crippen LogP contribution in [0.5, 0.6) is 5.75 Å². The Balaban J connectivity index is 1.57. The predicted octanol–water partition coefficient (Wildman–Crippen LogP) is 6.55. The van der Waals surface area contributed by atoms with E-state index >= 15 is 0 Å². The Hall–Kier alpha value is -4.34. The first-order valence-electron chi connectivity index (χ1n) is 15.8. The van der Waals surface area contributed by atoms with E-state index in [0.29, 0.717) is 10.8 Å². The van der Waals surface area contributed by atoms with Crippen molar-refractivity contribution in [3.63, 3.8) is 0 Å². The van der Waals surface area contributed by atoms with Gasteiger partial charge in [-0.15, -0.1) is 0 Å². The highest BCUT2D eigenvalue weighted by Gasteiger charge is 2.35. The van der Waals surface area contributed by atoms with E-state index in [1.54, 1.807) is 49.6 Å². The van der Waals surface area contributed by atoms with Crippen LogP contribution in [0, 0.1) is 6.92 Å². The molecule has 0 aliphatic heterocycles. The van der Waals surface area contributed by atoms with Crippen LogP contribution in [0.15, 0.2) is 108 Å². The van der Waals surface area contributed by atoms with Crippen LogP contribution in [0.3, 0.4) is 0 Å². The lowest BCUT2D eigenvalue weighted by atomic mass is 10.0. The zero-order valence-electron chi connectivity index (χ0n) is 26.6. The van der Waals surface area contributed by atoms with Gasteiger partial charge in [0.15, 0.2) is 0 Å². The number of hydrogen-bond acceptors (Lipinski definition) is 5. The molecule has 47 heavy (non-hydrogen) atoms. The fraction of sp³-hybridized carbons (Fsp3) is 0.297. The largest absolute Gasteiger partial charge is 0.497 e. The van der Waals surface area contributed by atoms with E-state index in [-0.39, 0.29) is 35.5 Å². The van der Waals surface area contributed by atoms with Gasteiger partial charge in [-0.1, -0.05) is 84.6 Å². The average molecular weight is 674 g/mol. The Kier molecular flexibility index (Phi) is 11.2. The van der Waals surface area contributed by atoms with Crippen molar-refractivity contribution in [2.75, 3.05) is 18.0 Å². The summed E-state index contributed by atoms with van der Waals surface area (Å²) in [5.74, 6) is -0.188. The number of hydrogen-bond donors (Lipinski definition) is 1. The van der Waals surface area contributed by atoms with E-state index in [4.69, 9.17) is 16.3 Å². The van der Waals surface area contributed by atoms with Crippen molar-refractivity contribution in [3.05, 3.63) is 125 Å². The lowest BCUT2D eigenvalue weighted by Crippen LogP contribution is -2.54. The molecule has 0 heterocycles. The molecule has 0 aromatic heterocycles. The number of anilines is 1. The van der Waals surface area contributed by atoms with Crippen molar-refractivity contribution < 1.29 is 22.7 Å². The van der Waals surface area contributed by atoms with E-state index in [9.17, 15) is 18.0 Å². The standard InChI is InChI=1S/C37H40ClN3O5S/c1-27-15-21-34(22-16-27)47(44,45)41(32-19-17-30(38)18-20-32)26-36(42)40(25-29-11-8-14-33(23-29)46-2)35(24-28-9-4-3-5-10-28)37(43)39-31-12-6-7-13-31/h3-5,8-11,14-23,31,35H,6-7,12-13,24-26H2,1-2H3,(H,39,43)/t35-/m0/s1. The number of halogens is 1. The highest BCUT2D eigenvalue weighted by Crippen LogP contribution is 2.27. The first-order chi connectivity index (χ1) is 22.6. The molecule has 1 atom stereocenters. The van der Waals surface area contributed by atoms with Crippen LogP contribution in [-0.2, 0) is 32.6 Å². The SMILES string of the molecule is COc1cccc(CN(C(=O)CN(c2ccc(Cl)cc2)S(=O)(=O)c2ccc(C)cc2)[C@@H](Cc2ccccc2)C(=O)NC2CCCC2)c1. The second-order valence-electron chi connectivity index (χ2n) is 11.9. The molecule has 5 rings (SSSR count). The van der Waals surface area contributed by atoms with Crippen LogP contribution in [0.1, 0.15) is 42.4 Å². The molecule has 0 saturated heterocycles. The van der Waals surface area contributed by atoms with Crippen molar-refractivity contribution in [3.8, 4) is 5.75 Å². The van der Waals surface area contributed by atoms with E-state index in [2.05, 4.69) is 5.32 Å². The fourth-order valence-corrected chi connectivity index (χ4v) is 7.40. The molecule has 10 heteroatoms. The number of methoxy groups -OCH3 is 1. The van der Waals surface area contributed by atoms with Gasteiger partial charge in [0.05, 0.1) is 17.7 Å². The number of amides is 2. The molecule has 246 valence electrons. The van der Waals surface area contributed by atoms with Crippen molar-refractivity contribution in [2.45, 2.75) is 62.6 Å². The van der Waals surface area contributed by atoms with Crippen molar-refractivity contribution in [1.29, 1.82) is 0 Å². The van der Waals surface area contributed by atoms with Crippen LogP contribution in [-0.4, -0.2) is 50.9 Å². The van der Waals surface area contributed by atoms with Crippen LogP contribution >= 0.6 is 11.6 Å². The third kappa shape index (κ3) is 8.73. The van der Waals surface area contributed by atoms with Gasteiger partial charge in [-0.25, -0.2) is 8.42 Å². The third-order valence-corrected chi connectivity index (χ3v) is 10.5. The lowest BCUT2D eigenvalue weighted by Gasteiger charge is -2.34. The van der Waals surface area contributed by atoms with Gasteiger partial charge < -0.3 is 15.0 Å². The molecule has 1 N–H and O–H groups in total. The Labute approximate surface area is 282 Å². The molecule has 4 aromatic carbocycles. The van der Waals surface area contributed by atoms with Gasteiger partial charge in [-0.3, -0.25) is 13.9 Å². The second-order valence-corrected chi connectivity index (χ2v) is 14.2. The number of ether oxygens (including phenoxy) is 1. The molecule has 2 amide bonds. The van der Waals surface area contributed by atoms with Gasteiger partial charge in [0, 0.05) is 24.0 Å². The van der Waals surface area contributed by atoms with Crippen molar-refractivity contribution in [1.82, 2.24) is 10.2 Å². The number of nitrogens with one attached hydrogen (secondary N) is 1. The quantitative estimate of drug-likeness (QED) is 0.174. The summed E-state index contributed by atoms with van der Waals surface area (Å²) in [6.45, 7) is 1.39. The molecule has 1 fully saturated rings. The fourth-order valence-electron chi connectivity index (χ4n) is 5.86. The van der Waals surface area contributed by atoms with Crippen molar-refractivity contribution >= 4 is 39.1 Å². The topological polar surface area (TPSA) is 96.0 Å². The van der Waals surface area contributed by atoms with Gasteiger partial charge in [-0.2, -0.15) is 0 Å². The summed E-state index contributed by atoms with van der Waals surface area (Å²) in [7, 11) is -2.63. The molecule has 0 bridgehead atoms. The summed E-state index contributed by atoms with van der Waals surface area (Å²) in [4.78, 5) is 30.3. The van der Waals surface area contributed by atoms with E-state index in [1.165, 1.54) is 17.0 Å². The Morgan fingerprint density at radius 3 is 2.21 bits per heavy atom. The number of benzene rings is 4. The van der Waals surface area contributed by atoms with Crippen LogP contribution in [0.4, 0.5) is 5.69 Å². The molecular formula is C37H40ClN3O5S. The third-order valence-electron chi connectivity index (χ3n) is 8.46. The minimum Gasteiger partial charge on any atom is -0.497 e. The van der Waals surface area contributed by atoms with Gasteiger partial charge >= 0.3 is 0 Å². The maximum atomic E-state index is 14.6. The molecule has 1 aliphatic rings. The zero-order chi connectivity index (χ0) is 33.4. The number of nitrogens with zero attached hydrogens (tertiary/aromatic N) is 2. The number of aryl methyl sites for hydroxylation is 1. The predicted molar refractivity (Wildman–Crippen MR) is 185 cm³/mol. The smallest absolute Gasteiger partial charge is 0.264 e. The normalized spacial score (nSPS) is 13.9. The first-order valence-corrected chi connectivity index (χ1v) is 17.6. The van der Waals surface area contributed by atoms with Crippen LogP contribution < -0.4 is 14.4 Å². The van der Waals surface area contributed by atoms with Gasteiger partial charge in [0.1, 0.15) is 18.3 Å². The number of carbonyl (C=O) groups excluding carboxylic acids is 2. The molecule has 1 aliphatic carbocycles. The van der Waals surface area contributed by atoms with Crippen LogP contribution in [0.25, 0.3) is 0 Å². The summed E-state index contributed by atoms with van der Waals surface area (Å²) >= 11 is 6.16. The zero-order valence-corrected chi connectivity index (χ0v) is 28.2. The summed E-state index contributed by atoms with van der Waals surface area (Å²) in [5.41, 5.74) is 2.80. The summed E-state index contributed by atoms with van der Waals surface area (Å²) in [5, 5.41) is 3.62. The first kappa shape index (κ1) is 34.0. The Morgan fingerprint density at radius 1 is 0.894 bits per heavy atom. The second kappa shape index (κ2) is 15.5. The minimum atomic E-state index is -4.20.